The summed E-state index contributed by atoms with van der Waals surface area (Å²) in [6.07, 6.45) is 3.99. The van der Waals surface area contributed by atoms with Crippen LogP contribution in [0.1, 0.15) is 37.3 Å². The Morgan fingerprint density at radius 1 is 1.61 bits per heavy atom. The van der Waals surface area contributed by atoms with Crippen LogP contribution in [0.25, 0.3) is 0 Å². The molecule has 1 aliphatic heterocycles. The van der Waals surface area contributed by atoms with Gasteiger partial charge in [-0.25, -0.2) is 4.98 Å². The Balaban J connectivity index is 0.00000120. The number of hydrogen-bond donors (Lipinski definition) is 2. The summed E-state index contributed by atoms with van der Waals surface area (Å²) >= 11 is 0. The first-order chi connectivity index (χ1) is 8.25. The Bertz CT molecular complexity index is 441. The second kappa shape index (κ2) is 5.28. The third-order valence-corrected chi connectivity index (χ3v) is 3.53. The molecule has 5 nitrogen and oxygen atoms in total. The van der Waals surface area contributed by atoms with Crippen molar-refractivity contribution in [1.29, 1.82) is 0 Å². The van der Waals surface area contributed by atoms with E-state index >= 15 is 0 Å². The van der Waals surface area contributed by atoms with E-state index in [9.17, 15) is 4.79 Å². The number of nitrogens with one attached hydrogen (secondary N) is 2. The van der Waals surface area contributed by atoms with Gasteiger partial charge in [0.05, 0.1) is 24.5 Å². The highest BCUT2D eigenvalue weighted by molar-refractivity contribution is 5.85. The van der Waals surface area contributed by atoms with Crippen LogP contribution in [0.2, 0.25) is 0 Å². The Labute approximate surface area is 113 Å². The summed E-state index contributed by atoms with van der Waals surface area (Å²) in [7, 11) is 0. The third-order valence-electron chi connectivity index (χ3n) is 3.53. The fraction of sp³-hybridized carbons (Fsp3) is 0.667. The molecule has 0 bridgehead atoms. The van der Waals surface area contributed by atoms with Crippen molar-refractivity contribution < 1.29 is 4.79 Å². The molecule has 2 N–H and O–H groups in total. The van der Waals surface area contributed by atoms with E-state index in [1.165, 1.54) is 0 Å². The molecule has 1 aromatic heterocycles. The second-order valence-corrected chi connectivity index (χ2v) is 4.93. The van der Waals surface area contributed by atoms with Gasteiger partial charge >= 0.3 is 0 Å². The van der Waals surface area contributed by atoms with Crippen LogP contribution in [0.15, 0.2) is 6.20 Å². The van der Waals surface area contributed by atoms with E-state index in [2.05, 4.69) is 27.1 Å². The van der Waals surface area contributed by atoms with Crippen molar-refractivity contribution in [3.63, 3.8) is 0 Å². The molecule has 0 radical (unpaired) electrons. The van der Waals surface area contributed by atoms with E-state index < -0.39 is 0 Å². The van der Waals surface area contributed by atoms with Crippen molar-refractivity contribution in [3.05, 3.63) is 17.7 Å². The molecule has 0 aromatic carbocycles. The predicted octanol–water partition coefficient (Wildman–Crippen LogP) is 0.995. The summed E-state index contributed by atoms with van der Waals surface area (Å²) in [5.41, 5.74) is 1.11. The lowest BCUT2D eigenvalue weighted by Gasteiger charge is -2.23. The molecule has 1 unspecified atom stereocenters. The molecule has 1 aromatic rings. The van der Waals surface area contributed by atoms with E-state index in [0.29, 0.717) is 12.6 Å². The third kappa shape index (κ3) is 2.52. The predicted molar refractivity (Wildman–Crippen MR) is 70.5 cm³/mol. The molecule has 1 aliphatic carbocycles. The van der Waals surface area contributed by atoms with Crippen molar-refractivity contribution in [2.24, 2.45) is 5.92 Å². The largest absolute Gasteiger partial charge is 0.350 e. The maximum absolute atomic E-state index is 11.6. The lowest BCUT2D eigenvalue weighted by molar-refractivity contribution is -0.122. The van der Waals surface area contributed by atoms with Crippen LogP contribution in [0, 0.1) is 5.92 Å². The zero-order chi connectivity index (χ0) is 11.8. The van der Waals surface area contributed by atoms with E-state index in [1.807, 2.05) is 6.20 Å². The zero-order valence-electron chi connectivity index (χ0n) is 10.5. The Kier molecular flexibility index (Phi) is 3.92. The van der Waals surface area contributed by atoms with Gasteiger partial charge in [0.25, 0.3) is 0 Å². The number of rotatable bonds is 3. The first-order valence-electron chi connectivity index (χ1n) is 6.31. The first kappa shape index (κ1) is 13.4. The minimum atomic E-state index is 0. The van der Waals surface area contributed by atoms with Crippen molar-refractivity contribution >= 4 is 18.3 Å². The highest BCUT2D eigenvalue weighted by atomic mass is 35.5. The quantitative estimate of drug-likeness (QED) is 0.861. The molecule has 2 aliphatic rings. The topological polar surface area (TPSA) is 59.0 Å². The summed E-state index contributed by atoms with van der Waals surface area (Å²) in [4.78, 5) is 16.0. The summed E-state index contributed by atoms with van der Waals surface area (Å²) < 4.78 is 2.22. The first-order valence-corrected chi connectivity index (χ1v) is 6.31. The van der Waals surface area contributed by atoms with Gasteiger partial charge in [-0.1, -0.05) is 0 Å². The van der Waals surface area contributed by atoms with Crippen molar-refractivity contribution in [2.45, 2.75) is 38.9 Å². The highest BCUT2D eigenvalue weighted by Gasteiger charge is 2.29. The van der Waals surface area contributed by atoms with Crippen LogP contribution in [-0.4, -0.2) is 22.0 Å². The molecule has 3 rings (SSSR count). The zero-order valence-corrected chi connectivity index (χ0v) is 11.3. The highest BCUT2D eigenvalue weighted by Crippen LogP contribution is 2.28. The number of aromatic nitrogens is 2. The molecule has 0 spiro atoms. The summed E-state index contributed by atoms with van der Waals surface area (Å²) in [5.74, 6) is 1.55. The fourth-order valence-electron chi connectivity index (χ4n) is 2.32. The van der Waals surface area contributed by atoms with Gasteiger partial charge in [0.15, 0.2) is 0 Å². The second-order valence-electron chi connectivity index (χ2n) is 4.93. The lowest BCUT2D eigenvalue weighted by Crippen LogP contribution is -2.33. The minimum absolute atomic E-state index is 0. The van der Waals surface area contributed by atoms with Crippen LogP contribution in [0.5, 0.6) is 0 Å². The van der Waals surface area contributed by atoms with Gasteiger partial charge in [0.1, 0.15) is 5.82 Å². The molecule has 18 heavy (non-hydrogen) atoms. The number of imidazole rings is 1. The van der Waals surface area contributed by atoms with Gasteiger partial charge in [0, 0.05) is 19.0 Å². The standard InChI is InChI=1S/C12H18N4O.ClH/c1-8-11-14-6-10(16(11)5-4-13-8)7-15-12(17)9-2-3-9;/h6,8-9,13H,2-5,7H2,1H3,(H,15,17);1H. The van der Waals surface area contributed by atoms with Gasteiger partial charge in [-0.2, -0.15) is 0 Å². The SMILES string of the molecule is CC1NCCn2c(CNC(=O)C3CC3)cnc21.Cl. The normalized spacial score (nSPS) is 21.9. The smallest absolute Gasteiger partial charge is 0.223 e. The molecule has 1 saturated carbocycles. The Morgan fingerprint density at radius 3 is 3.11 bits per heavy atom. The van der Waals surface area contributed by atoms with Gasteiger partial charge in [0.2, 0.25) is 5.91 Å². The van der Waals surface area contributed by atoms with Gasteiger partial charge in [-0.05, 0) is 19.8 Å². The van der Waals surface area contributed by atoms with Crippen LogP contribution in [-0.2, 0) is 17.9 Å². The number of hydrogen-bond acceptors (Lipinski definition) is 3. The van der Waals surface area contributed by atoms with Crippen LogP contribution < -0.4 is 10.6 Å². The van der Waals surface area contributed by atoms with Crippen LogP contribution >= 0.6 is 12.4 Å². The van der Waals surface area contributed by atoms with Crippen LogP contribution in [0.4, 0.5) is 0 Å². The van der Waals surface area contributed by atoms with E-state index in [-0.39, 0.29) is 24.2 Å². The molecule has 1 amide bonds. The van der Waals surface area contributed by atoms with Gasteiger partial charge < -0.3 is 15.2 Å². The molecule has 0 saturated heterocycles. The Hall–Kier alpha value is -1.07. The molecule has 100 valence electrons. The van der Waals surface area contributed by atoms with Crippen LogP contribution in [0.3, 0.4) is 0 Å². The fourth-order valence-corrected chi connectivity index (χ4v) is 2.32. The molecular weight excluding hydrogens is 252 g/mol. The summed E-state index contributed by atoms with van der Waals surface area (Å²) in [5, 5.41) is 6.37. The summed E-state index contributed by atoms with van der Waals surface area (Å²) in [6.45, 7) is 4.63. The lowest BCUT2D eigenvalue weighted by atomic mass is 10.2. The monoisotopic (exact) mass is 270 g/mol. The van der Waals surface area contributed by atoms with Gasteiger partial charge in [-0.15, -0.1) is 12.4 Å². The average Bonchev–Trinajstić information content (AvgIpc) is 3.08. The molecule has 6 heteroatoms. The number of carbonyl (C=O) groups excluding carboxylic acids is 1. The number of carbonyl (C=O) groups is 1. The molecule has 2 heterocycles. The van der Waals surface area contributed by atoms with Crippen molar-refractivity contribution in [2.75, 3.05) is 6.54 Å². The van der Waals surface area contributed by atoms with E-state index in [0.717, 1.165) is 37.4 Å². The number of halogens is 1. The minimum Gasteiger partial charge on any atom is -0.350 e. The molecular formula is C12H19ClN4O. The maximum atomic E-state index is 11.6. The number of fused-ring (bicyclic) bond motifs is 1. The molecule has 1 atom stereocenters. The maximum Gasteiger partial charge on any atom is 0.223 e. The van der Waals surface area contributed by atoms with Crippen molar-refractivity contribution in [3.8, 4) is 0 Å². The number of amides is 1. The van der Waals surface area contributed by atoms with E-state index in [4.69, 9.17) is 0 Å². The molecule has 1 fully saturated rings. The summed E-state index contributed by atoms with van der Waals surface area (Å²) in [6, 6.07) is 0.302. The Morgan fingerprint density at radius 2 is 2.39 bits per heavy atom. The van der Waals surface area contributed by atoms with Crippen molar-refractivity contribution in [1.82, 2.24) is 20.2 Å². The van der Waals surface area contributed by atoms with Gasteiger partial charge in [-0.3, -0.25) is 4.79 Å². The average molecular weight is 271 g/mol. The number of nitrogens with zero attached hydrogens (tertiary/aromatic N) is 2. The van der Waals surface area contributed by atoms with E-state index in [1.54, 1.807) is 0 Å².